The quantitative estimate of drug-likeness (QED) is 0.447. The third-order valence-corrected chi connectivity index (χ3v) is 5.82. The molecule has 0 radical (unpaired) electrons. The summed E-state index contributed by atoms with van der Waals surface area (Å²) in [7, 11) is 0. The Labute approximate surface area is 186 Å². The van der Waals surface area contributed by atoms with Crippen LogP contribution in [0, 0.1) is 11.8 Å². The summed E-state index contributed by atoms with van der Waals surface area (Å²) in [5.74, 6) is -0.453. The number of carbonyl (C=O) groups is 4. The molecular formula is C22H28ClN3O5. The van der Waals surface area contributed by atoms with Gasteiger partial charge in [0.15, 0.2) is 0 Å². The SMILES string of the molecule is O=C[C@H](C[C@@H]1CCNC1=O)NC(=O)[C@H](CC1CC1)NC(=O)OCCc1cccc(Cl)c1. The molecule has 3 atom stereocenters. The highest BCUT2D eigenvalue weighted by Crippen LogP contribution is 2.33. The molecular weight excluding hydrogens is 422 g/mol. The summed E-state index contributed by atoms with van der Waals surface area (Å²) in [6.07, 6.45) is 3.86. The first-order chi connectivity index (χ1) is 14.9. The van der Waals surface area contributed by atoms with Crippen molar-refractivity contribution in [2.45, 2.75) is 50.6 Å². The number of hydrogen-bond acceptors (Lipinski definition) is 5. The van der Waals surface area contributed by atoms with Gasteiger partial charge in [-0.05, 0) is 42.9 Å². The Hall–Kier alpha value is -2.61. The Balaban J connectivity index is 1.48. The van der Waals surface area contributed by atoms with E-state index >= 15 is 0 Å². The minimum atomic E-state index is -0.786. The predicted octanol–water partition coefficient (Wildman–Crippen LogP) is 1.99. The Morgan fingerprint density at radius 2 is 2.03 bits per heavy atom. The van der Waals surface area contributed by atoms with Crippen molar-refractivity contribution >= 4 is 35.8 Å². The molecule has 0 spiro atoms. The number of nitrogens with one attached hydrogen (secondary N) is 3. The summed E-state index contributed by atoms with van der Waals surface area (Å²) in [5, 5.41) is 8.63. The van der Waals surface area contributed by atoms with Crippen molar-refractivity contribution in [2.75, 3.05) is 13.2 Å². The van der Waals surface area contributed by atoms with Crippen LogP contribution < -0.4 is 16.0 Å². The van der Waals surface area contributed by atoms with Gasteiger partial charge in [0.25, 0.3) is 0 Å². The van der Waals surface area contributed by atoms with Gasteiger partial charge in [-0.2, -0.15) is 0 Å². The van der Waals surface area contributed by atoms with Crippen LogP contribution in [0.5, 0.6) is 0 Å². The molecule has 3 rings (SSSR count). The van der Waals surface area contributed by atoms with E-state index in [1.165, 1.54) is 0 Å². The maximum Gasteiger partial charge on any atom is 0.407 e. The fraction of sp³-hybridized carbons (Fsp3) is 0.545. The molecule has 2 aliphatic rings. The van der Waals surface area contributed by atoms with Crippen LogP contribution in [0.15, 0.2) is 24.3 Å². The van der Waals surface area contributed by atoms with Gasteiger partial charge in [0.05, 0.1) is 12.6 Å². The summed E-state index contributed by atoms with van der Waals surface area (Å²) in [5.41, 5.74) is 0.942. The number of amides is 3. The normalized spacial score (nSPS) is 19.8. The lowest BCUT2D eigenvalue weighted by Gasteiger charge is -2.21. The number of hydrogen-bond donors (Lipinski definition) is 3. The molecule has 31 heavy (non-hydrogen) atoms. The topological polar surface area (TPSA) is 114 Å². The first kappa shape index (κ1) is 23.1. The zero-order valence-corrected chi connectivity index (χ0v) is 18.0. The van der Waals surface area contributed by atoms with Gasteiger partial charge in [-0.15, -0.1) is 0 Å². The van der Waals surface area contributed by atoms with Gasteiger partial charge in [-0.25, -0.2) is 4.79 Å². The van der Waals surface area contributed by atoms with E-state index in [1.54, 1.807) is 12.1 Å². The second-order valence-corrected chi connectivity index (χ2v) is 8.59. The monoisotopic (exact) mass is 449 g/mol. The third-order valence-electron chi connectivity index (χ3n) is 5.58. The Morgan fingerprint density at radius 3 is 2.68 bits per heavy atom. The van der Waals surface area contributed by atoms with Gasteiger partial charge in [0, 0.05) is 23.9 Å². The average molecular weight is 450 g/mol. The van der Waals surface area contributed by atoms with Crippen LogP contribution >= 0.6 is 11.6 Å². The fourth-order valence-electron chi connectivity index (χ4n) is 3.66. The smallest absolute Gasteiger partial charge is 0.407 e. The molecule has 3 amide bonds. The van der Waals surface area contributed by atoms with E-state index in [0.717, 1.165) is 18.4 Å². The molecule has 1 heterocycles. The number of carbonyl (C=O) groups excluding carboxylic acids is 4. The van der Waals surface area contributed by atoms with Crippen molar-refractivity contribution in [1.82, 2.24) is 16.0 Å². The number of rotatable bonds is 11. The standard InChI is InChI=1S/C22H28ClN3O5/c23-17-3-1-2-14(10-17)7-9-31-22(30)26-19(11-15-4-5-15)21(29)25-18(13-27)12-16-6-8-24-20(16)28/h1-3,10,13,15-16,18-19H,4-9,11-12H2,(H,24,28)(H,25,29)(H,26,30)/t16-,18-,19-/m0/s1. The Morgan fingerprint density at radius 1 is 1.23 bits per heavy atom. The zero-order valence-electron chi connectivity index (χ0n) is 17.3. The highest BCUT2D eigenvalue weighted by atomic mass is 35.5. The van der Waals surface area contributed by atoms with Gasteiger partial charge in [-0.1, -0.05) is 36.6 Å². The summed E-state index contributed by atoms with van der Waals surface area (Å²) in [4.78, 5) is 48.2. The molecule has 168 valence electrons. The molecule has 0 bridgehead atoms. The first-order valence-corrected chi connectivity index (χ1v) is 11.0. The van der Waals surface area contributed by atoms with Crippen molar-refractivity contribution in [1.29, 1.82) is 0 Å². The van der Waals surface area contributed by atoms with Crippen LogP contribution in [0.1, 0.15) is 37.7 Å². The molecule has 0 unspecified atom stereocenters. The fourth-order valence-corrected chi connectivity index (χ4v) is 3.88. The van der Waals surface area contributed by atoms with Crippen molar-refractivity contribution < 1.29 is 23.9 Å². The number of alkyl carbamates (subject to hydrolysis) is 1. The van der Waals surface area contributed by atoms with E-state index in [4.69, 9.17) is 16.3 Å². The molecule has 1 aliphatic carbocycles. The second kappa shape index (κ2) is 11.1. The average Bonchev–Trinajstić information content (AvgIpc) is 3.47. The molecule has 1 aromatic carbocycles. The largest absolute Gasteiger partial charge is 0.449 e. The lowest BCUT2D eigenvalue weighted by Crippen LogP contribution is -2.51. The van der Waals surface area contributed by atoms with E-state index in [9.17, 15) is 19.2 Å². The molecule has 1 aromatic rings. The van der Waals surface area contributed by atoms with Crippen molar-refractivity contribution in [3.63, 3.8) is 0 Å². The van der Waals surface area contributed by atoms with Gasteiger partial charge < -0.3 is 25.5 Å². The van der Waals surface area contributed by atoms with Crippen LogP contribution in [-0.4, -0.2) is 49.4 Å². The van der Waals surface area contributed by atoms with E-state index in [1.807, 2.05) is 12.1 Å². The van der Waals surface area contributed by atoms with Crippen molar-refractivity contribution in [3.8, 4) is 0 Å². The molecule has 1 saturated heterocycles. The summed E-state index contributed by atoms with van der Waals surface area (Å²) in [6.45, 7) is 0.730. The molecule has 1 saturated carbocycles. The van der Waals surface area contributed by atoms with Crippen LogP contribution in [0.25, 0.3) is 0 Å². The number of halogens is 1. The predicted molar refractivity (Wildman–Crippen MR) is 114 cm³/mol. The number of aldehydes is 1. The Kier molecular flexibility index (Phi) is 8.28. The highest BCUT2D eigenvalue weighted by Gasteiger charge is 2.33. The first-order valence-electron chi connectivity index (χ1n) is 10.7. The molecule has 2 fully saturated rings. The molecule has 8 nitrogen and oxygen atoms in total. The summed E-state index contributed by atoms with van der Waals surface area (Å²) >= 11 is 5.95. The number of ether oxygens (including phenoxy) is 1. The van der Waals surface area contributed by atoms with E-state index < -0.39 is 24.1 Å². The van der Waals surface area contributed by atoms with Crippen LogP contribution in [0.3, 0.4) is 0 Å². The van der Waals surface area contributed by atoms with E-state index in [-0.39, 0.29) is 24.9 Å². The van der Waals surface area contributed by atoms with E-state index in [0.29, 0.717) is 43.0 Å². The van der Waals surface area contributed by atoms with Crippen molar-refractivity contribution in [2.24, 2.45) is 11.8 Å². The lowest BCUT2D eigenvalue weighted by molar-refractivity contribution is -0.127. The zero-order chi connectivity index (χ0) is 22.2. The Bertz CT molecular complexity index is 814. The van der Waals surface area contributed by atoms with Crippen LogP contribution in [-0.2, 0) is 25.5 Å². The lowest BCUT2D eigenvalue weighted by atomic mass is 9.98. The van der Waals surface area contributed by atoms with Crippen LogP contribution in [0.4, 0.5) is 4.79 Å². The van der Waals surface area contributed by atoms with Crippen LogP contribution in [0.2, 0.25) is 5.02 Å². The minimum absolute atomic E-state index is 0.1000. The molecule has 3 N–H and O–H groups in total. The van der Waals surface area contributed by atoms with Crippen molar-refractivity contribution in [3.05, 3.63) is 34.9 Å². The van der Waals surface area contributed by atoms with Gasteiger partial charge >= 0.3 is 6.09 Å². The maximum atomic E-state index is 12.7. The van der Waals surface area contributed by atoms with Gasteiger partial charge in [0.1, 0.15) is 12.3 Å². The number of benzene rings is 1. The molecule has 9 heteroatoms. The third kappa shape index (κ3) is 7.54. The maximum absolute atomic E-state index is 12.7. The van der Waals surface area contributed by atoms with Gasteiger partial charge in [0.2, 0.25) is 11.8 Å². The highest BCUT2D eigenvalue weighted by molar-refractivity contribution is 6.30. The minimum Gasteiger partial charge on any atom is -0.449 e. The molecule has 1 aliphatic heterocycles. The second-order valence-electron chi connectivity index (χ2n) is 8.16. The molecule has 0 aromatic heterocycles. The van der Waals surface area contributed by atoms with E-state index in [2.05, 4.69) is 16.0 Å². The van der Waals surface area contributed by atoms with Gasteiger partial charge in [-0.3, -0.25) is 9.59 Å². The summed E-state index contributed by atoms with van der Waals surface area (Å²) < 4.78 is 5.23. The summed E-state index contributed by atoms with van der Waals surface area (Å²) in [6, 6.07) is 5.73.